The molecule has 2 aliphatic rings. The van der Waals surface area contributed by atoms with E-state index in [1.807, 2.05) is 62.6 Å². The summed E-state index contributed by atoms with van der Waals surface area (Å²) in [5.41, 5.74) is 13.8. The highest BCUT2D eigenvalue weighted by molar-refractivity contribution is 9.10. The number of benzene rings is 2. The first-order chi connectivity index (χ1) is 13.5. The van der Waals surface area contributed by atoms with Gasteiger partial charge < -0.3 is 9.99 Å². The largest absolute Gasteiger partial charge is 0.350 e. The van der Waals surface area contributed by atoms with Gasteiger partial charge in [0.2, 0.25) is 0 Å². The molecule has 0 aliphatic carbocycles. The maximum absolute atomic E-state index is 12.7. The second kappa shape index (κ2) is 6.05. The van der Waals surface area contributed by atoms with Crippen molar-refractivity contribution in [1.82, 2.24) is 15.4 Å². The average Bonchev–Trinajstić information content (AvgIpc) is 3.33. The van der Waals surface area contributed by atoms with Crippen molar-refractivity contribution in [3.8, 4) is 0 Å². The third-order valence-corrected chi connectivity index (χ3v) is 6.11. The number of nitrogens with zero attached hydrogens (tertiary/aromatic N) is 2. The lowest BCUT2D eigenvalue weighted by Crippen LogP contribution is -2.44. The van der Waals surface area contributed by atoms with Crippen molar-refractivity contribution in [3.05, 3.63) is 69.8 Å². The van der Waals surface area contributed by atoms with Crippen molar-refractivity contribution >= 4 is 50.2 Å². The molecule has 0 saturated heterocycles. The number of hydrogen-bond acceptors (Lipinski definition) is 4. The SMILES string of the molecule is Cn1cc(C=C2C(=O)NN=C2C2(C)NNc3ccccc32)c2c(Br)cccc21. The lowest BCUT2D eigenvalue weighted by Gasteiger charge is -2.24. The molecule has 1 aromatic heterocycles. The first-order valence-electron chi connectivity index (χ1n) is 8.96. The van der Waals surface area contributed by atoms with Crippen LogP contribution in [0.5, 0.6) is 0 Å². The van der Waals surface area contributed by atoms with Crippen LogP contribution in [-0.4, -0.2) is 16.2 Å². The quantitative estimate of drug-likeness (QED) is 0.538. The monoisotopic (exact) mass is 435 g/mol. The van der Waals surface area contributed by atoms with Crippen molar-refractivity contribution in [1.29, 1.82) is 0 Å². The fraction of sp³-hybridized carbons (Fsp3) is 0.143. The average molecular weight is 436 g/mol. The van der Waals surface area contributed by atoms with E-state index in [9.17, 15) is 4.79 Å². The zero-order chi connectivity index (χ0) is 19.5. The standard InChI is InChI=1S/C21H18BrN5O/c1-21(14-6-3-4-8-16(14)23-26-21)19-13(20(28)25-24-19)10-12-11-27(2)17-9-5-7-15(22)18(12)17/h3-11,23,26H,1-2H3,(H,25,28). The van der Waals surface area contributed by atoms with Gasteiger partial charge in [-0.3, -0.25) is 4.79 Å². The van der Waals surface area contributed by atoms with Gasteiger partial charge in [-0.25, -0.2) is 10.9 Å². The number of hydrazine groups is 1. The van der Waals surface area contributed by atoms with Crippen LogP contribution in [0.1, 0.15) is 18.1 Å². The molecule has 7 heteroatoms. The van der Waals surface area contributed by atoms with E-state index in [-0.39, 0.29) is 5.91 Å². The molecule has 1 unspecified atom stereocenters. The molecule has 2 aromatic carbocycles. The molecule has 1 atom stereocenters. The zero-order valence-electron chi connectivity index (χ0n) is 15.4. The number of hydrazone groups is 1. The minimum absolute atomic E-state index is 0.202. The van der Waals surface area contributed by atoms with Crippen LogP contribution in [0.3, 0.4) is 0 Å². The number of para-hydroxylation sites is 1. The topological polar surface area (TPSA) is 70.5 Å². The number of hydrogen-bond donors (Lipinski definition) is 3. The van der Waals surface area contributed by atoms with Gasteiger partial charge in [0.05, 0.1) is 17.0 Å². The highest BCUT2D eigenvalue weighted by Crippen LogP contribution is 2.38. The minimum Gasteiger partial charge on any atom is -0.350 e. The van der Waals surface area contributed by atoms with Crippen LogP contribution in [0.4, 0.5) is 5.69 Å². The lowest BCUT2D eigenvalue weighted by molar-refractivity contribution is -0.116. The Kier molecular flexibility index (Phi) is 3.72. The predicted molar refractivity (Wildman–Crippen MR) is 115 cm³/mol. The molecule has 0 radical (unpaired) electrons. The number of nitrogens with one attached hydrogen (secondary N) is 3. The minimum atomic E-state index is -0.622. The maximum Gasteiger partial charge on any atom is 0.273 e. The molecule has 3 N–H and O–H groups in total. The molecule has 3 aromatic rings. The third-order valence-electron chi connectivity index (χ3n) is 5.45. The van der Waals surface area contributed by atoms with Gasteiger partial charge in [-0.1, -0.05) is 40.2 Å². The number of carbonyl (C=O) groups excluding carboxylic acids is 1. The predicted octanol–water partition coefficient (Wildman–Crippen LogP) is 3.66. The number of rotatable bonds is 2. The Balaban J connectivity index is 1.67. The Morgan fingerprint density at radius 2 is 2.00 bits per heavy atom. The van der Waals surface area contributed by atoms with Crippen molar-refractivity contribution in [2.45, 2.75) is 12.5 Å². The number of carbonyl (C=O) groups is 1. The summed E-state index contributed by atoms with van der Waals surface area (Å²) in [7, 11) is 2.00. The fourth-order valence-electron chi connectivity index (χ4n) is 4.02. The second-order valence-corrected chi connectivity index (χ2v) is 8.06. The Morgan fingerprint density at radius 3 is 2.86 bits per heavy atom. The van der Waals surface area contributed by atoms with E-state index < -0.39 is 5.54 Å². The number of fused-ring (bicyclic) bond motifs is 2. The third kappa shape index (κ3) is 2.36. The van der Waals surface area contributed by atoms with Gasteiger partial charge in [-0.05, 0) is 31.2 Å². The van der Waals surface area contributed by atoms with Gasteiger partial charge in [0.1, 0.15) is 5.54 Å². The second-order valence-electron chi connectivity index (χ2n) is 7.21. The molecule has 2 aliphatic heterocycles. The lowest BCUT2D eigenvalue weighted by atomic mass is 9.84. The van der Waals surface area contributed by atoms with E-state index in [4.69, 9.17) is 0 Å². The van der Waals surface area contributed by atoms with E-state index >= 15 is 0 Å². The molecule has 140 valence electrons. The van der Waals surface area contributed by atoms with Crippen LogP contribution >= 0.6 is 15.9 Å². The summed E-state index contributed by atoms with van der Waals surface area (Å²) in [6.07, 6.45) is 3.95. The maximum atomic E-state index is 12.7. The normalized spacial score (nSPS) is 22.3. The van der Waals surface area contributed by atoms with Crippen LogP contribution in [0, 0.1) is 0 Å². The molecule has 28 heavy (non-hydrogen) atoms. The number of anilines is 1. The summed E-state index contributed by atoms with van der Waals surface area (Å²) in [5.74, 6) is -0.202. The molecular weight excluding hydrogens is 418 g/mol. The van der Waals surface area contributed by atoms with Gasteiger partial charge in [-0.15, -0.1) is 0 Å². The zero-order valence-corrected chi connectivity index (χ0v) is 17.0. The van der Waals surface area contributed by atoms with E-state index in [2.05, 4.69) is 47.9 Å². The first-order valence-corrected chi connectivity index (χ1v) is 9.75. The molecule has 0 bridgehead atoms. The number of aromatic nitrogens is 1. The number of halogens is 1. The van der Waals surface area contributed by atoms with Crippen molar-refractivity contribution in [2.24, 2.45) is 12.1 Å². The van der Waals surface area contributed by atoms with Crippen molar-refractivity contribution < 1.29 is 4.79 Å². The number of amides is 1. The summed E-state index contributed by atoms with van der Waals surface area (Å²) in [4.78, 5) is 12.7. The van der Waals surface area contributed by atoms with Crippen LogP contribution in [0.25, 0.3) is 17.0 Å². The highest BCUT2D eigenvalue weighted by atomic mass is 79.9. The Morgan fingerprint density at radius 1 is 1.18 bits per heavy atom. The summed E-state index contributed by atoms with van der Waals surface area (Å²) >= 11 is 3.64. The molecule has 3 heterocycles. The van der Waals surface area contributed by atoms with Crippen LogP contribution in [0.2, 0.25) is 0 Å². The van der Waals surface area contributed by atoms with Crippen LogP contribution in [0.15, 0.2) is 63.8 Å². The molecule has 0 saturated carbocycles. The molecule has 1 amide bonds. The van der Waals surface area contributed by atoms with Gasteiger partial charge in [0.15, 0.2) is 0 Å². The molecule has 6 nitrogen and oxygen atoms in total. The molecule has 0 spiro atoms. The van der Waals surface area contributed by atoms with Crippen LogP contribution in [-0.2, 0) is 17.4 Å². The highest BCUT2D eigenvalue weighted by Gasteiger charge is 2.44. The Labute approximate surface area is 170 Å². The molecule has 5 rings (SSSR count). The van der Waals surface area contributed by atoms with E-state index in [1.165, 1.54) is 0 Å². The Hall–Kier alpha value is -2.90. The van der Waals surface area contributed by atoms with Gasteiger partial charge in [0.25, 0.3) is 5.91 Å². The summed E-state index contributed by atoms with van der Waals surface area (Å²) in [6, 6.07) is 14.1. The summed E-state index contributed by atoms with van der Waals surface area (Å²) in [5, 5.41) is 5.45. The first kappa shape index (κ1) is 17.2. The Bertz CT molecular complexity index is 1210. The van der Waals surface area contributed by atoms with Crippen molar-refractivity contribution in [3.63, 3.8) is 0 Å². The van der Waals surface area contributed by atoms with Crippen LogP contribution < -0.4 is 16.3 Å². The van der Waals surface area contributed by atoms with E-state index in [0.717, 1.165) is 32.2 Å². The summed E-state index contributed by atoms with van der Waals surface area (Å²) < 4.78 is 3.05. The molecular formula is C21H18BrN5O. The summed E-state index contributed by atoms with van der Waals surface area (Å²) in [6.45, 7) is 2.03. The van der Waals surface area contributed by atoms with E-state index in [1.54, 1.807) is 0 Å². The number of aryl methyl sites for hydroxylation is 1. The van der Waals surface area contributed by atoms with E-state index in [0.29, 0.717) is 11.3 Å². The van der Waals surface area contributed by atoms with Crippen molar-refractivity contribution in [2.75, 3.05) is 5.43 Å². The van der Waals surface area contributed by atoms with Gasteiger partial charge in [-0.2, -0.15) is 5.10 Å². The smallest absolute Gasteiger partial charge is 0.273 e. The van der Waals surface area contributed by atoms with Gasteiger partial charge in [0, 0.05) is 39.7 Å². The fourth-order valence-corrected chi connectivity index (χ4v) is 4.61. The molecule has 0 fully saturated rings. The van der Waals surface area contributed by atoms with Gasteiger partial charge >= 0.3 is 0 Å².